The number of rotatable bonds is 3. The maximum absolute atomic E-state index is 12.1. The van der Waals surface area contributed by atoms with Crippen LogP contribution in [-0.4, -0.2) is 27.1 Å². The minimum atomic E-state index is -1.24. The summed E-state index contributed by atoms with van der Waals surface area (Å²) >= 11 is 0. The molecule has 0 aliphatic carbocycles. The molecule has 102 valence electrons. The van der Waals surface area contributed by atoms with Crippen LogP contribution in [0.4, 0.5) is 5.69 Å². The maximum Gasteiger partial charge on any atom is 0.337 e. The Bertz CT molecular complexity index is 683. The number of phenolic OH excluding ortho intramolecular Hbond substituents is 1. The summed E-state index contributed by atoms with van der Waals surface area (Å²) in [4.78, 5) is 27.2. The number of carboxylic acids is 1. The number of carbonyl (C=O) groups excluding carboxylic acids is 1. The van der Waals surface area contributed by atoms with Crippen LogP contribution in [0.2, 0.25) is 0 Å². The van der Waals surface area contributed by atoms with Crippen molar-refractivity contribution in [3.63, 3.8) is 0 Å². The Balaban J connectivity index is 2.33. The molecule has 1 amide bonds. The quantitative estimate of drug-likeness (QED) is 0.742. The summed E-state index contributed by atoms with van der Waals surface area (Å²) in [5.41, 5.74) is 0.834. The molecule has 2 rings (SSSR count). The topological polar surface area (TPSA) is 99.5 Å². The fourth-order valence-electron chi connectivity index (χ4n) is 1.73. The molecule has 0 aliphatic heterocycles. The number of aryl methyl sites for hydroxylation is 1. The van der Waals surface area contributed by atoms with E-state index in [2.05, 4.69) is 10.3 Å². The molecule has 0 unspecified atom stereocenters. The van der Waals surface area contributed by atoms with Gasteiger partial charge in [-0.2, -0.15) is 0 Å². The summed E-state index contributed by atoms with van der Waals surface area (Å²) < 4.78 is 0. The number of carbonyl (C=O) groups is 2. The van der Waals surface area contributed by atoms with Crippen LogP contribution in [0, 0.1) is 6.92 Å². The normalized spacial score (nSPS) is 10.1. The van der Waals surface area contributed by atoms with Crippen LogP contribution in [-0.2, 0) is 0 Å². The van der Waals surface area contributed by atoms with E-state index in [9.17, 15) is 14.7 Å². The van der Waals surface area contributed by atoms with Crippen molar-refractivity contribution >= 4 is 17.6 Å². The second-order valence-corrected chi connectivity index (χ2v) is 4.13. The maximum atomic E-state index is 12.1. The molecular weight excluding hydrogens is 260 g/mol. The molecule has 0 radical (unpaired) electrons. The fraction of sp³-hybridized carbons (Fsp3) is 0.0714. The third-order valence-corrected chi connectivity index (χ3v) is 2.73. The lowest BCUT2D eigenvalue weighted by molar-refractivity contribution is 0.0697. The molecule has 1 heterocycles. The Morgan fingerprint density at radius 1 is 1.20 bits per heavy atom. The van der Waals surface area contributed by atoms with Gasteiger partial charge in [-0.25, -0.2) is 4.79 Å². The third-order valence-electron chi connectivity index (χ3n) is 2.73. The standard InChI is InChI=1S/C14H12N2O4/c1-8-10(3-2-6-15-8)13(18)16-12-5-4-9(17)7-11(12)14(19)20/h2-7,17H,1H3,(H,16,18)(H,19,20). The number of nitrogens with zero attached hydrogens (tertiary/aromatic N) is 1. The monoisotopic (exact) mass is 272 g/mol. The zero-order chi connectivity index (χ0) is 14.7. The number of hydrogen-bond acceptors (Lipinski definition) is 4. The van der Waals surface area contributed by atoms with Crippen LogP contribution in [0.3, 0.4) is 0 Å². The number of aromatic hydroxyl groups is 1. The van der Waals surface area contributed by atoms with Crippen molar-refractivity contribution in [2.24, 2.45) is 0 Å². The van der Waals surface area contributed by atoms with Crippen LogP contribution < -0.4 is 5.32 Å². The first-order chi connectivity index (χ1) is 9.49. The highest BCUT2D eigenvalue weighted by Crippen LogP contribution is 2.22. The number of aromatic nitrogens is 1. The highest BCUT2D eigenvalue weighted by Gasteiger charge is 2.15. The molecule has 6 heteroatoms. The molecule has 0 atom stereocenters. The summed E-state index contributed by atoms with van der Waals surface area (Å²) in [6, 6.07) is 6.93. The molecular formula is C14H12N2O4. The fourth-order valence-corrected chi connectivity index (χ4v) is 1.73. The van der Waals surface area contributed by atoms with Crippen molar-refractivity contribution < 1.29 is 19.8 Å². The predicted octanol–water partition coefficient (Wildman–Crippen LogP) is 2.05. The van der Waals surface area contributed by atoms with E-state index in [0.29, 0.717) is 11.3 Å². The lowest BCUT2D eigenvalue weighted by Crippen LogP contribution is -2.16. The van der Waals surface area contributed by atoms with E-state index in [-0.39, 0.29) is 17.0 Å². The molecule has 20 heavy (non-hydrogen) atoms. The van der Waals surface area contributed by atoms with Crippen molar-refractivity contribution in [2.75, 3.05) is 5.32 Å². The second-order valence-electron chi connectivity index (χ2n) is 4.13. The number of phenols is 1. The molecule has 0 fully saturated rings. The van der Waals surface area contributed by atoms with Gasteiger partial charge in [-0.1, -0.05) is 0 Å². The number of amides is 1. The van der Waals surface area contributed by atoms with Gasteiger partial charge in [0.15, 0.2) is 0 Å². The lowest BCUT2D eigenvalue weighted by Gasteiger charge is -2.10. The van der Waals surface area contributed by atoms with Gasteiger partial charge in [-0.3, -0.25) is 9.78 Å². The van der Waals surface area contributed by atoms with Gasteiger partial charge >= 0.3 is 5.97 Å². The first kappa shape index (κ1) is 13.5. The number of aromatic carboxylic acids is 1. The van der Waals surface area contributed by atoms with E-state index in [1.165, 1.54) is 12.1 Å². The number of hydrogen-bond donors (Lipinski definition) is 3. The van der Waals surface area contributed by atoms with Gasteiger partial charge in [0.25, 0.3) is 5.91 Å². The van der Waals surface area contributed by atoms with Gasteiger partial charge in [0.05, 0.1) is 16.8 Å². The molecule has 0 saturated carbocycles. The number of nitrogens with one attached hydrogen (secondary N) is 1. The average molecular weight is 272 g/mol. The van der Waals surface area contributed by atoms with Crippen molar-refractivity contribution in [2.45, 2.75) is 6.92 Å². The summed E-state index contributed by atoms with van der Waals surface area (Å²) in [5, 5.41) is 20.9. The van der Waals surface area contributed by atoms with Gasteiger partial charge in [0.1, 0.15) is 5.75 Å². The summed E-state index contributed by atoms with van der Waals surface area (Å²) in [5.74, 6) is -1.87. The van der Waals surface area contributed by atoms with Crippen LogP contribution in [0.15, 0.2) is 36.5 Å². The van der Waals surface area contributed by atoms with E-state index >= 15 is 0 Å². The van der Waals surface area contributed by atoms with Crippen LogP contribution in [0.25, 0.3) is 0 Å². The molecule has 3 N–H and O–H groups in total. The molecule has 2 aromatic rings. The molecule has 0 saturated heterocycles. The van der Waals surface area contributed by atoms with Crippen LogP contribution >= 0.6 is 0 Å². The van der Waals surface area contributed by atoms with Gasteiger partial charge in [-0.05, 0) is 37.3 Å². The summed E-state index contributed by atoms with van der Waals surface area (Å²) in [6.45, 7) is 1.68. The van der Waals surface area contributed by atoms with Crippen molar-refractivity contribution in [1.29, 1.82) is 0 Å². The van der Waals surface area contributed by atoms with Gasteiger partial charge in [-0.15, -0.1) is 0 Å². The van der Waals surface area contributed by atoms with E-state index in [4.69, 9.17) is 5.11 Å². The Morgan fingerprint density at radius 3 is 2.60 bits per heavy atom. The van der Waals surface area contributed by atoms with Crippen LogP contribution in [0.1, 0.15) is 26.4 Å². The second kappa shape index (κ2) is 5.40. The zero-order valence-corrected chi connectivity index (χ0v) is 10.6. The molecule has 1 aromatic heterocycles. The highest BCUT2D eigenvalue weighted by atomic mass is 16.4. The Morgan fingerprint density at radius 2 is 1.95 bits per heavy atom. The highest BCUT2D eigenvalue weighted by molar-refractivity contribution is 6.08. The Labute approximate surface area is 114 Å². The number of carboxylic acid groups (broad SMARTS) is 1. The van der Waals surface area contributed by atoms with Gasteiger partial charge in [0.2, 0.25) is 0 Å². The van der Waals surface area contributed by atoms with Crippen molar-refractivity contribution in [3.05, 3.63) is 53.3 Å². The van der Waals surface area contributed by atoms with Crippen LogP contribution in [0.5, 0.6) is 5.75 Å². The van der Waals surface area contributed by atoms with E-state index in [0.717, 1.165) is 6.07 Å². The molecule has 0 spiro atoms. The molecule has 6 nitrogen and oxygen atoms in total. The predicted molar refractivity (Wildman–Crippen MR) is 72.0 cm³/mol. The Kier molecular flexibility index (Phi) is 3.65. The largest absolute Gasteiger partial charge is 0.508 e. The zero-order valence-electron chi connectivity index (χ0n) is 10.6. The van der Waals surface area contributed by atoms with E-state index < -0.39 is 11.9 Å². The number of benzene rings is 1. The molecule has 1 aromatic carbocycles. The Hall–Kier alpha value is -2.89. The first-order valence-electron chi connectivity index (χ1n) is 5.78. The van der Waals surface area contributed by atoms with E-state index in [1.54, 1.807) is 25.3 Å². The van der Waals surface area contributed by atoms with Gasteiger partial charge in [0, 0.05) is 11.9 Å². The lowest BCUT2D eigenvalue weighted by atomic mass is 10.1. The molecule has 0 aliphatic rings. The SMILES string of the molecule is Cc1ncccc1C(=O)Nc1ccc(O)cc1C(=O)O. The molecule has 0 bridgehead atoms. The number of pyridine rings is 1. The smallest absolute Gasteiger partial charge is 0.337 e. The van der Waals surface area contributed by atoms with E-state index in [1.807, 2.05) is 0 Å². The average Bonchev–Trinajstić information content (AvgIpc) is 2.41. The van der Waals surface area contributed by atoms with Crippen molar-refractivity contribution in [1.82, 2.24) is 4.98 Å². The van der Waals surface area contributed by atoms with Crippen molar-refractivity contribution in [3.8, 4) is 5.75 Å². The third kappa shape index (κ3) is 2.74. The summed E-state index contributed by atoms with van der Waals surface area (Å²) in [7, 11) is 0. The summed E-state index contributed by atoms with van der Waals surface area (Å²) in [6.07, 6.45) is 1.56. The minimum Gasteiger partial charge on any atom is -0.508 e. The number of anilines is 1. The minimum absolute atomic E-state index is 0.114. The first-order valence-corrected chi connectivity index (χ1v) is 5.78. The van der Waals surface area contributed by atoms with Gasteiger partial charge < -0.3 is 15.5 Å².